The van der Waals surface area contributed by atoms with Crippen LogP contribution in [0.2, 0.25) is 0 Å². The Hall–Kier alpha value is -6.09. The van der Waals surface area contributed by atoms with E-state index >= 15 is 0 Å². The Kier molecular flexibility index (Phi) is 12.9. The molecule has 2 unspecified atom stereocenters. The van der Waals surface area contributed by atoms with Gasteiger partial charge < -0.3 is 49.3 Å². The number of ether oxygens (including phenoxy) is 5. The SMILES string of the molecule is COC1=CC(/C(O)=C(/C=N)c2ccc(OC)c(OC(=O)N3CCN(Cc4ccc(-c5c(-c6cc(C(C)C)c(O)cc6O)n[nH]c5C)cc4)CC3)c2)=CC(OC)C1OC. The lowest BCUT2D eigenvalue weighted by Crippen LogP contribution is -2.49. The Morgan fingerprint density at radius 1 is 0.948 bits per heavy atom. The molecule has 1 fully saturated rings. The standard InChI is InChI=1S/C44H51N5O9/c1-25(2)31-21-32(35(51)22-34(31)50)41-40(26(3)46-47-41)28-10-8-27(9-11-28)24-48-14-16-49(17-15-48)44(53)58-37-18-29(12-13-36(37)54-4)33(23-45)42(52)30-19-38(55-5)43(57-7)39(20-30)56-6/h8-13,18-23,25,38,43,45,50-52H,14-17,24H2,1-7H3,(H,46,47)/b42-33+,45-23?. The van der Waals surface area contributed by atoms with Crippen molar-refractivity contribution in [3.8, 4) is 45.4 Å². The molecule has 58 heavy (non-hydrogen) atoms. The predicted molar refractivity (Wildman–Crippen MR) is 221 cm³/mol. The van der Waals surface area contributed by atoms with Crippen LogP contribution in [0, 0.1) is 12.3 Å². The minimum Gasteiger partial charge on any atom is -0.508 e. The van der Waals surface area contributed by atoms with Gasteiger partial charge in [0.25, 0.3) is 0 Å². The Balaban J connectivity index is 1.11. The second-order valence-corrected chi connectivity index (χ2v) is 14.5. The molecule has 5 N–H and O–H groups in total. The number of aromatic nitrogens is 2. The molecule has 0 radical (unpaired) electrons. The van der Waals surface area contributed by atoms with Crippen molar-refractivity contribution in [3.63, 3.8) is 0 Å². The first-order valence-corrected chi connectivity index (χ1v) is 19.0. The number of nitrogens with one attached hydrogen (secondary N) is 2. The number of piperazine rings is 1. The third kappa shape index (κ3) is 8.59. The zero-order valence-electron chi connectivity index (χ0n) is 33.8. The van der Waals surface area contributed by atoms with Gasteiger partial charge in [-0.05, 0) is 65.4 Å². The van der Waals surface area contributed by atoms with Gasteiger partial charge in [-0.1, -0.05) is 44.2 Å². The number of carbonyl (C=O) groups excluding carboxylic acids is 1. The lowest BCUT2D eigenvalue weighted by Gasteiger charge is -2.34. The van der Waals surface area contributed by atoms with E-state index < -0.39 is 18.3 Å². The average molecular weight is 794 g/mol. The minimum atomic E-state index is -0.540. The molecular formula is C44H51N5O9. The number of phenols is 2. The number of phenolic OH excluding ortho intramolecular Hbond substituents is 2. The number of nitrogens with zero attached hydrogens (tertiary/aromatic N) is 3. The second kappa shape index (κ2) is 18.0. The Morgan fingerprint density at radius 2 is 1.67 bits per heavy atom. The molecule has 1 aromatic heterocycles. The third-order valence-electron chi connectivity index (χ3n) is 10.6. The fourth-order valence-electron chi connectivity index (χ4n) is 7.35. The number of benzene rings is 3. The van der Waals surface area contributed by atoms with Crippen molar-refractivity contribution in [2.24, 2.45) is 0 Å². The van der Waals surface area contributed by atoms with Crippen LogP contribution in [0.5, 0.6) is 23.0 Å². The third-order valence-corrected chi connectivity index (χ3v) is 10.6. The summed E-state index contributed by atoms with van der Waals surface area (Å²) < 4.78 is 27.9. The van der Waals surface area contributed by atoms with E-state index in [2.05, 4.69) is 27.2 Å². The lowest BCUT2D eigenvalue weighted by atomic mass is 9.94. The molecule has 0 spiro atoms. The number of rotatable bonds is 13. The summed E-state index contributed by atoms with van der Waals surface area (Å²) in [6.07, 6.45) is 2.78. The largest absolute Gasteiger partial charge is 0.508 e. The van der Waals surface area contributed by atoms with Crippen molar-refractivity contribution in [1.82, 2.24) is 20.0 Å². The molecule has 0 saturated carbocycles. The minimum absolute atomic E-state index is 0.0401. The summed E-state index contributed by atoms with van der Waals surface area (Å²) in [6.45, 7) is 8.75. The van der Waals surface area contributed by atoms with Crippen molar-refractivity contribution in [2.75, 3.05) is 54.6 Å². The number of hydrogen-bond acceptors (Lipinski definition) is 12. The monoisotopic (exact) mass is 793 g/mol. The smallest absolute Gasteiger partial charge is 0.415 e. The molecule has 1 saturated heterocycles. The van der Waals surface area contributed by atoms with Gasteiger partial charge in [-0.25, -0.2) is 4.79 Å². The molecule has 306 valence electrons. The summed E-state index contributed by atoms with van der Waals surface area (Å²) in [5.74, 6) is 0.809. The molecule has 4 aromatic rings. The highest BCUT2D eigenvalue weighted by Gasteiger charge is 2.31. The van der Waals surface area contributed by atoms with Crippen LogP contribution in [0.4, 0.5) is 4.79 Å². The molecule has 1 aliphatic carbocycles. The number of amides is 1. The first-order valence-electron chi connectivity index (χ1n) is 19.0. The maximum atomic E-state index is 13.5. The number of allylic oxidation sites excluding steroid dienone is 2. The van der Waals surface area contributed by atoms with Crippen molar-refractivity contribution in [1.29, 1.82) is 5.41 Å². The van der Waals surface area contributed by atoms with Crippen LogP contribution in [0.1, 0.15) is 42.1 Å². The van der Waals surface area contributed by atoms with Crippen molar-refractivity contribution in [2.45, 2.75) is 45.4 Å². The number of methoxy groups -OCH3 is 4. The maximum Gasteiger partial charge on any atom is 0.415 e. The molecule has 14 heteroatoms. The van der Waals surface area contributed by atoms with Gasteiger partial charge in [0.2, 0.25) is 0 Å². The van der Waals surface area contributed by atoms with Gasteiger partial charge in [0.1, 0.15) is 40.9 Å². The number of hydrogen-bond donors (Lipinski definition) is 5. The number of aromatic hydroxyl groups is 2. The van der Waals surface area contributed by atoms with E-state index in [0.717, 1.165) is 34.2 Å². The number of H-pyrrole nitrogens is 1. The zero-order valence-corrected chi connectivity index (χ0v) is 33.8. The van der Waals surface area contributed by atoms with Crippen LogP contribution in [-0.2, 0) is 20.8 Å². The number of aromatic amines is 1. The van der Waals surface area contributed by atoms with Crippen molar-refractivity contribution >= 4 is 17.9 Å². The highest BCUT2D eigenvalue weighted by atomic mass is 16.6. The molecule has 0 bridgehead atoms. The molecule has 1 aliphatic heterocycles. The van der Waals surface area contributed by atoms with Crippen LogP contribution < -0.4 is 9.47 Å². The molecule has 1 amide bonds. The van der Waals surface area contributed by atoms with E-state index in [0.29, 0.717) is 66.6 Å². The quantitative estimate of drug-likeness (QED) is 0.0675. The van der Waals surface area contributed by atoms with Crippen molar-refractivity contribution in [3.05, 3.63) is 106 Å². The Bertz CT molecular complexity index is 2230. The van der Waals surface area contributed by atoms with E-state index in [1.54, 1.807) is 48.4 Å². The summed E-state index contributed by atoms with van der Waals surface area (Å²) in [6, 6.07) is 16.2. The topological polar surface area (TPSA) is 183 Å². The van der Waals surface area contributed by atoms with Gasteiger partial charge in [0, 0.05) is 87.2 Å². The fourth-order valence-corrected chi connectivity index (χ4v) is 7.35. The van der Waals surface area contributed by atoms with Gasteiger partial charge >= 0.3 is 6.09 Å². The fraction of sp³-hybridized carbons (Fsp3) is 0.341. The Labute approximate surface area is 338 Å². The predicted octanol–water partition coefficient (Wildman–Crippen LogP) is 7.33. The van der Waals surface area contributed by atoms with E-state index in [-0.39, 0.29) is 34.5 Å². The van der Waals surface area contributed by atoms with Gasteiger partial charge in [-0.15, -0.1) is 0 Å². The molecule has 14 nitrogen and oxygen atoms in total. The zero-order chi connectivity index (χ0) is 41.7. The van der Waals surface area contributed by atoms with Gasteiger partial charge in [0.05, 0.1) is 14.2 Å². The lowest BCUT2D eigenvalue weighted by molar-refractivity contribution is -0.0190. The molecule has 2 heterocycles. The first-order chi connectivity index (χ1) is 27.9. The summed E-state index contributed by atoms with van der Waals surface area (Å²) in [5, 5.41) is 48.2. The number of aliphatic hydroxyl groups is 1. The summed E-state index contributed by atoms with van der Waals surface area (Å²) in [4.78, 5) is 17.4. The first kappa shape index (κ1) is 41.5. The normalized spacial score (nSPS) is 17.7. The summed E-state index contributed by atoms with van der Waals surface area (Å²) in [5.41, 5.74) is 6.66. The molecule has 3 aromatic carbocycles. The highest BCUT2D eigenvalue weighted by molar-refractivity contribution is 6.10. The van der Waals surface area contributed by atoms with Crippen LogP contribution in [0.15, 0.2) is 83.8 Å². The average Bonchev–Trinajstić information content (AvgIpc) is 3.61. The number of carbonyl (C=O) groups is 1. The summed E-state index contributed by atoms with van der Waals surface area (Å²) in [7, 11) is 6.05. The van der Waals surface area contributed by atoms with E-state index in [1.165, 1.54) is 27.4 Å². The second-order valence-electron chi connectivity index (χ2n) is 14.5. The Morgan fingerprint density at radius 3 is 2.29 bits per heavy atom. The van der Waals surface area contributed by atoms with E-state index in [1.807, 2.05) is 32.9 Å². The number of aliphatic hydroxyl groups excluding tert-OH is 1. The number of aryl methyl sites for hydroxylation is 1. The van der Waals surface area contributed by atoms with Crippen LogP contribution in [-0.4, -0.2) is 114 Å². The van der Waals surface area contributed by atoms with Crippen molar-refractivity contribution < 1.29 is 43.8 Å². The maximum absolute atomic E-state index is 13.5. The van der Waals surface area contributed by atoms with Gasteiger partial charge in [0.15, 0.2) is 11.5 Å². The van der Waals surface area contributed by atoms with E-state index in [4.69, 9.17) is 29.1 Å². The molecule has 6 rings (SSSR count). The van der Waals surface area contributed by atoms with Crippen LogP contribution in [0.25, 0.3) is 28.0 Å². The van der Waals surface area contributed by atoms with Gasteiger partial charge in [-0.2, -0.15) is 5.10 Å². The molecule has 2 atom stereocenters. The van der Waals surface area contributed by atoms with Crippen LogP contribution in [0.3, 0.4) is 0 Å². The van der Waals surface area contributed by atoms with Gasteiger partial charge in [-0.3, -0.25) is 10.00 Å². The highest BCUT2D eigenvalue weighted by Crippen LogP contribution is 2.42. The summed E-state index contributed by atoms with van der Waals surface area (Å²) >= 11 is 0. The molecular weight excluding hydrogens is 743 g/mol. The molecule has 2 aliphatic rings. The van der Waals surface area contributed by atoms with E-state index in [9.17, 15) is 20.1 Å². The van der Waals surface area contributed by atoms with Crippen LogP contribution >= 0.6 is 0 Å².